The molecule has 0 saturated heterocycles. The molecule has 0 saturated carbocycles. The Hall–Kier alpha value is -1.36. The molecule has 0 aromatic heterocycles. The number of carbonyl (C=O) groups excluding carboxylic acids is 4. The third-order valence-electron chi connectivity index (χ3n) is 0.333. The Morgan fingerprint density at radius 1 is 0.571 bits per heavy atom. The van der Waals surface area contributed by atoms with Crippen molar-refractivity contribution in [1.29, 1.82) is 0 Å². The summed E-state index contributed by atoms with van der Waals surface area (Å²) in [4.78, 5) is 35.7. The van der Waals surface area contributed by atoms with Crippen LogP contribution < -0.4 is 26.6 Å². The van der Waals surface area contributed by atoms with Crippen LogP contribution in [-0.2, 0) is 19.2 Å². The van der Waals surface area contributed by atoms with Gasteiger partial charge >= 0.3 is 23.9 Å². The van der Waals surface area contributed by atoms with Gasteiger partial charge in [0, 0.05) is 0 Å². The van der Waals surface area contributed by atoms with E-state index in [1.165, 1.54) is 0 Å². The van der Waals surface area contributed by atoms with E-state index >= 15 is 0 Å². The number of hydrogen-bond donors (Lipinski definition) is 1. The molecule has 0 aromatic rings. The first kappa shape index (κ1) is 22.9. The average Bonchev–Trinajstić information content (AvgIpc) is 1.88. The van der Waals surface area contributed by atoms with Crippen molar-refractivity contribution in [2.45, 2.75) is 0 Å². The molecule has 9 nitrogen and oxygen atoms in total. The first-order chi connectivity index (χ1) is 5.29. The van der Waals surface area contributed by atoms with Crippen molar-refractivity contribution in [2.24, 2.45) is 0 Å². The van der Waals surface area contributed by atoms with Crippen molar-refractivity contribution in [2.75, 3.05) is 0 Å². The number of quaternary nitrogens is 1. The third kappa shape index (κ3) is 22.4. The molecule has 14 heavy (non-hydrogen) atoms. The van der Waals surface area contributed by atoms with Gasteiger partial charge in [0.15, 0.2) is 0 Å². The molecule has 4 N–H and O–H groups in total. The van der Waals surface area contributed by atoms with Crippen molar-refractivity contribution < 1.29 is 39.6 Å². The number of hydrogen-bond acceptors (Lipinski definition) is 8. The molecule has 0 heterocycles. The minimum absolute atomic E-state index is 0. The Bertz CT molecular complexity index is 177. The van der Waals surface area contributed by atoms with Crippen LogP contribution in [0, 0.1) is 0 Å². The molecular weight excluding hydrogens is 309 g/mol. The summed E-state index contributed by atoms with van der Waals surface area (Å²) in [6, 6.07) is 0. The van der Waals surface area contributed by atoms with Gasteiger partial charge in [-0.2, -0.15) is 0 Å². The van der Waals surface area contributed by atoms with Crippen molar-refractivity contribution in [1.82, 2.24) is 6.15 Å². The van der Waals surface area contributed by atoms with Crippen LogP contribution in [0.4, 0.5) is 0 Å². The fraction of sp³-hybridized carbons (Fsp3) is 0. The van der Waals surface area contributed by atoms with Crippen molar-refractivity contribution in [3.05, 3.63) is 0 Å². The molecule has 0 bridgehead atoms. The van der Waals surface area contributed by atoms with Crippen LogP contribution >= 0.6 is 0 Å². The number of carboxylic acid groups (broad SMARTS) is 4. The minimum atomic E-state index is -2.19. The number of carboxylic acids is 4. The quantitative estimate of drug-likeness (QED) is 0.336. The van der Waals surface area contributed by atoms with Gasteiger partial charge in [0.1, 0.15) is 0 Å². The van der Waals surface area contributed by atoms with Crippen molar-refractivity contribution >= 4 is 47.8 Å². The van der Waals surface area contributed by atoms with Crippen LogP contribution in [-0.4, -0.2) is 47.8 Å². The van der Waals surface area contributed by atoms with E-state index in [4.69, 9.17) is 39.6 Å². The molecule has 0 atom stereocenters. The van der Waals surface area contributed by atoms with Gasteiger partial charge in [-0.3, -0.25) is 0 Å². The van der Waals surface area contributed by atoms with Crippen molar-refractivity contribution in [3.63, 3.8) is 0 Å². The van der Waals surface area contributed by atoms with Crippen LogP contribution in [0.5, 0.6) is 0 Å². The molecule has 78 valence electrons. The molecule has 0 radical (unpaired) electrons. The Morgan fingerprint density at radius 2 is 0.643 bits per heavy atom. The SMILES string of the molecule is O=C([O-])C(=O)[O-].O=C([O-])C(=O)[O-].[NH4+].[SnH+3]. The van der Waals surface area contributed by atoms with E-state index in [9.17, 15) is 0 Å². The zero-order valence-electron chi connectivity index (χ0n) is 6.84. The van der Waals surface area contributed by atoms with Crippen LogP contribution in [0.2, 0.25) is 0 Å². The topological polar surface area (TPSA) is 197 Å². The van der Waals surface area contributed by atoms with Crippen LogP contribution in [0.25, 0.3) is 0 Å². The fourth-order valence-corrected chi connectivity index (χ4v) is 0. The second-order valence-electron chi connectivity index (χ2n) is 1.15. The van der Waals surface area contributed by atoms with Gasteiger partial charge in [-0.1, -0.05) is 0 Å². The first-order valence-corrected chi connectivity index (χ1v) is 2.13. The molecule has 0 aliphatic rings. The van der Waals surface area contributed by atoms with Gasteiger partial charge in [0.25, 0.3) is 0 Å². The number of aliphatic carboxylic acids is 4. The summed E-state index contributed by atoms with van der Waals surface area (Å²) in [5.74, 6) is -8.74. The zero-order valence-corrected chi connectivity index (χ0v) is 10.1. The molecule has 0 rings (SSSR count). The number of carbonyl (C=O) groups is 4. The van der Waals surface area contributed by atoms with E-state index in [1.54, 1.807) is 0 Å². The van der Waals surface area contributed by atoms with Crippen LogP contribution in [0.15, 0.2) is 0 Å². The van der Waals surface area contributed by atoms with Crippen LogP contribution in [0.3, 0.4) is 0 Å². The Kier molecular flexibility index (Phi) is 19.1. The average molecular weight is 314 g/mol. The summed E-state index contributed by atoms with van der Waals surface area (Å²) in [5, 5.41) is 35.7. The molecule has 0 aliphatic heterocycles. The van der Waals surface area contributed by atoms with Crippen LogP contribution in [0.1, 0.15) is 0 Å². The van der Waals surface area contributed by atoms with Gasteiger partial charge in [0.05, 0.1) is 23.9 Å². The molecule has 0 aliphatic carbocycles. The summed E-state index contributed by atoms with van der Waals surface area (Å²) >= 11 is 0. The molecule has 0 unspecified atom stereocenters. The van der Waals surface area contributed by atoms with E-state index in [0.717, 1.165) is 0 Å². The third-order valence-corrected chi connectivity index (χ3v) is 0.333. The normalized spacial score (nSPS) is 6.29. The Labute approximate surface area is 93.9 Å². The van der Waals surface area contributed by atoms with Gasteiger partial charge in [-0.25, -0.2) is 0 Å². The van der Waals surface area contributed by atoms with Gasteiger partial charge < -0.3 is 45.8 Å². The Morgan fingerprint density at radius 3 is 0.643 bits per heavy atom. The van der Waals surface area contributed by atoms with Gasteiger partial charge in [0.2, 0.25) is 0 Å². The molecule has 0 amide bonds. The molecule has 0 spiro atoms. The number of rotatable bonds is 0. The predicted octanol–water partition coefficient (Wildman–Crippen LogP) is -7.30. The maximum absolute atomic E-state index is 8.93. The summed E-state index contributed by atoms with van der Waals surface area (Å²) in [6.45, 7) is 0. The van der Waals surface area contributed by atoms with Crippen molar-refractivity contribution in [3.8, 4) is 0 Å². The zero-order chi connectivity index (χ0) is 10.3. The molecule has 0 fully saturated rings. The summed E-state index contributed by atoms with van der Waals surface area (Å²) in [5.41, 5.74) is 0. The first-order valence-electron chi connectivity index (χ1n) is 2.13. The van der Waals surface area contributed by atoms with E-state index in [0.29, 0.717) is 0 Å². The molecule has 10 heteroatoms. The monoisotopic (exact) mass is 315 g/mol. The Balaban J connectivity index is -0.0000000625. The van der Waals surface area contributed by atoms with E-state index < -0.39 is 23.9 Å². The van der Waals surface area contributed by atoms with E-state index in [2.05, 4.69) is 0 Å². The second-order valence-corrected chi connectivity index (χ2v) is 1.15. The van der Waals surface area contributed by atoms with E-state index in [-0.39, 0.29) is 30.1 Å². The summed E-state index contributed by atoms with van der Waals surface area (Å²) < 4.78 is 0. The summed E-state index contributed by atoms with van der Waals surface area (Å²) in [6.07, 6.45) is 0. The van der Waals surface area contributed by atoms with Gasteiger partial charge in [-0.05, 0) is 0 Å². The second kappa shape index (κ2) is 11.6. The van der Waals surface area contributed by atoms with Gasteiger partial charge in [-0.15, -0.1) is 0 Å². The molecule has 0 aromatic carbocycles. The standard InChI is InChI=1S/2C2H2O4.H3N.Sn.H/c2*3-1(4)2(5)6;;;/h2*(H,3,4)(H,5,6);1H3;;/q;;;+3;/p-3. The fourth-order valence-electron chi connectivity index (χ4n) is 0. The predicted molar refractivity (Wildman–Crippen MR) is 33.2 cm³/mol. The maximum atomic E-state index is 8.93. The molecular formula is C4H5NO8Sn. The summed E-state index contributed by atoms with van der Waals surface area (Å²) in [7, 11) is 0. The van der Waals surface area contributed by atoms with E-state index in [1.807, 2.05) is 0 Å².